The van der Waals surface area contributed by atoms with Crippen molar-refractivity contribution < 1.29 is 20.1 Å². The van der Waals surface area contributed by atoms with E-state index in [-0.39, 0.29) is 42.9 Å². The van der Waals surface area contributed by atoms with Gasteiger partial charge in [-0.15, -0.1) is 0 Å². The Morgan fingerprint density at radius 3 is 0.926 bits per heavy atom. The summed E-state index contributed by atoms with van der Waals surface area (Å²) >= 11 is 0. The van der Waals surface area contributed by atoms with E-state index in [1.165, 1.54) is 40.2 Å². The Bertz CT molecular complexity index is 514. The molecule has 2 aromatic carbocycles. The molecule has 0 spiro atoms. The standard InChI is InChI=1S/C13H13P.C10H15.2CH3.Ir/c1-14(12-8-4-2-5-9-12)13-10-6-3-7-11-13;1-6-7(2)9(4)10(5)8(6)3;;;/h2-11H,1H3;1-5H3;2*1H3;/q;;2*-1;+3. The van der Waals surface area contributed by atoms with Crippen LogP contribution in [0.1, 0.15) is 34.6 Å². The second-order valence-corrected chi connectivity index (χ2v) is 8.51. The first-order chi connectivity index (χ1) is 11.4. The zero-order chi connectivity index (χ0) is 17.7. The van der Waals surface area contributed by atoms with Gasteiger partial charge in [0.05, 0.1) is 0 Å². The van der Waals surface area contributed by atoms with Crippen LogP contribution in [0.25, 0.3) is 0 Å². The van der Waals surface area contributed by atoms with E-state index in [1.54, 1.807) is 0 Å². The predicted octanol–water partition coefficient (Wildman–Crippen LogP) is 6.62. The first-order valence-electron chi connectivity index (χ1n) is 8.47. The smallest absolute Gasteiger partial charge is 0.358 e. The van der Waals surface area contributed by atoms with E-state index in [0.29, 0.717) is 0 Å². The monoisotopic (exact) mass is 558 g/mol. The summed E-state index contributed by atoms with van der Waals surface area (Å²) in [5.41, 5.74) is 0. The molecule has 5 radical (unpaired) electrons. The van der Waals surface area contributed by atoms with Crippen molar-refractivity contribution in [2.75, 3.05) is 6.66 Å². The number of rotatable bonds is 2. The van der Waals surface area contributed by atoms with Crippen LogP contribution in [0.3, 0.4) is 0 Å². The first-order valence-corrected chi connectivity index (χ1v) is 10.3. The van der Waals surface area contributed by atoms with Crippen LogP contribution < -0.4 is 10.6 Å². The van der Waals surface area contributed by atoms with Gasteiger partial charge in [0.1, 0.15) is 0 Å². The number of hydrogen-bond acceptors (Lipinski definition) is 0. The van der Waals surface area contributed by atoms with Crippen LogP contribution in [0.2, 0.25) is 0 Å². The zero-order valence-corrected chi connectivity index (χ0v) is 21.3. The van der Waals surface area contributed by atoms with Crippen LogP contribution >= 0.6 is 7.92 Å². The van der Waals surface area contributed by atoms with Gasteiger partial charge in [-0.25, -0.2) is 0 Å². The third kappa shape index (κ3) is 7.45. The minimum atomic E-state index is -0.171. The molecule has 0 amide bonds. The van der Waals surface area contributed by atoms with Gasteiger partial charge in [-0.2, -0.15) is 0 Å². The summed E-state index contributed by atoms with van der Waals surface area (Å²) < 4.78 is 0. The molecule has 147 valence electrons. The molecule has 3 rings (SSSR count). The van der Waals surface area contributed by atoms with E-state index in [4.69, 9.17) is 0 Å². The second kappa shape index (κ2) is 13.7. The largest absolute Gasteiger partial charge is 3.00 e. The summed E-state index contributed by atoms with van der Waals surface area (Å²) in [5, 5.41) is 2.88. The molecule has 27 heavy (non-hydrogen) atoms. The minimum absolute atomic E-state index is 0. The molecule has 1 aliphatic rings. The van der Waals surface area contributed by atoms with Crippen LogP contribution in [0.15, 0.2) is 60.7 Å². The van der Waals surface area contributed by atoms with Gasteiger partial charge < -0.3 is 14.9 Å². The van der Waals surface area contributed by atoms with Gasteiger partial charge in [-0.3, -0.25) is 0 Å². The van der Waals surface area contributed by atoms with Gasteiger partial charge in [0.25, 0.3) is 0 Å². The average molecular weight is 558 g/mol. The first kappa shape index (κ1) is 28.7. The Labute approximate surface area is 184 Å². The van der Waals surface area contributed by atoms with Crippen LogP contribution in [0.5, 0.6) is 0 Å². The number of benzene rings is 2. The van der Waals surface area contributed by atoms with E-state index in [9.17, 15) is 0 Å². The van der Waals surface area contributed by atoms with Gasteiger partial charge in [0.15, 0.2) is 0 Å². The summed E-state index contributed by atoms with van der Waals surface area (Å²) in [4.78, 5) is 0. The van der Waals surface area contributed by atoms with E-state index >= 15 is 0 Å². The van der Waals surface area contributed by atoms with Crippen LogP contribution in [-0.4, -0.2) is 6.66 Å². The van der Waals surface area contributed by atoms with Gasteiger partial charge in [-0.05, 0) is 54.8 Å². The molecule has 2 aromatic rings. The Morgan fingerprint density at radius 1 is 0.481 bits per heavy atom. The maximum absolute atomic E-state index is 2.31. The molecular weight excluding hydrogens is 523 g/mol. The molecule has 0 saturated heterocycles. The average Bonchev–Trinajstić information content (AvgIpc) is 2.81. The quantitative estimate of drug-likeness (QED) is 0.288. The Kier molecular flexibility index (Phi) is 14.5. The second-order valence-electron chi connectivity index (χ2n) is 6.36. The van der Waals surface area contributed by atoms with E-state index in [0.717, 1.165) is 0 Å². The molecule has 0 heterocycles. The third-order valence-electron chi connectivity index (χ3n) is 5.10. The van der Waals surface area contributed by atoms with Crippen molar-refractivity contribution in [1.29, 1.82) is 0 Å². The predicted molar refractivity (Wildman–Crippen MR) is 122 cm³/mol. The summed E-state index contributed by atoms with van der Waals surface area (Å²) in [6.45, 7) is 13.3. The Balaban J connectivity index is 0. The van der Waals surface area contributed by atoms with E-state index < -0.39 is 0 Å². The molecule has 0 aromatic heterocycles. The molecule has 0 unspecified atom stereocenters. The fraction of sp³-hybridized carbons (Fsp3) is 0.240. The molecule has 0 atom stereocenters. The van der Waals surface area contributed by atoms with Crippen LogP contribution in [0.4, 0.5) is 0 Å². The molecule has 0 bridgehead atoms. The Hall–Kier alpha value is -0.481. The normalized spacial score (nSPS) is 16.0. The van der Waals surface area contributed by atoms with Crippen molar-refractivity contribution in [3.8, 4) is 0 Å². The van der Waals surface area contributed by atoms with Gasteiger partial charge in [0.2, 0.25) is 0 Å². The van der Waals surface area contributed by atoms with Crippen molar-refractivity contribution in [2.24, 2.45) is 0 Å². The SMILES string of the molecule is CP(c1ccccc1)c1ccccc1.C[C]1[C](C)[C](C)[C](C)[C]1C.[CH3-].[CH3-].[Ir+3]. The summed E-state index contributed by atoms with van der Waals surface area (Å²) in [7, 11) is -0.171. The fourth-order valence-electron chi connectivity index (χ4n) is 2.86. The van der Waals surface area contributed by atoms with Crippen molar-refractivity contribution in [2.45, 2.75) is 34.6 Å². The Morgan fingerprint density at radius 2 is 0.704 bits per heavy atom. The topological polar surface area (TPSA) is 0 Å². The summed E-state index contributed by atoms with van der Waals surface area (Å²) in [5.74, 6) is 7.34. The molecule has 0 aliphatic heterocycles. The van der Waals surface area contributed by atoms with E-state index in [2.05, 4.69) is 102 Å². The van der Waals surface area contributed by atoms with Crippen LogP contribution in [-0.2, 0) is 20.1 Å². The molecule has 0 nitrogen and oxygen atoms in total. The summed E-state index contributed by atoms with van der Waals surface area (Å²) in [6, 6.07) is 21.4. The van der Waals surface area contributed by atoms with Crippen molar-refractivity contribution >= 4 is 18.5 Å². The molecule has 1 aliphatic carbocycles. The molecule has 0 N–H and O–H groups in total. The fourth-order valence-corrected chi connectivity index (χ4v) is 4.40. The molecule has 2 heteroatoms. The van der Waals surface area contributed by atoms with Crippen molar-refractivity contribution in [3.05, 3.63) is 105 Å². The maximum Gasteiger partial charge on any atom is 3.00 e. The number of hydrogen-bond donors (Lipinski definition) is 0. The third-order valence-corrected chi connectivity index (χ3v) is 7.24. The van der Waals surface area contributed by atoms with E-state index in [1.807, 2.05) is 0 Å². The zero-order valence-electron chi connectivity index (χ0n) is 18.1. The molecule has 1 saturated carbocycles. The van der Waals surface area contributed by atoms with Gasteiger partial charge in [-0.1, -0.05) is 95.3 Å². The van der Waals surface area contributed by atoms with Crippen LogP contribution in [0, 0.1) is 44.4 Å². The minimum Gasteiger partial charge on any atom is -0.358 e. The van der Waals surface area contributed by atoms with Gasteiger partial charge >= 0.3 is 20.1 Å². The molecular formula is C25H34IrP+. The molecule has 1 fully saturated rings. The van der Waals surface area contributed by atoms with Gasteiger partial charge in [0, 0.05) is 0 Å². The van der Waals surface area contributed by atoms with Crippen molar-refractivity contribution in [1.82, 2.24) is 0 Å². The summed E-state index contributed by atoms with van der Waals surface area (Å²) in [6.07, 6.45) is 0. The maximum atomic E-state index is 2.31. The van der Waals surface area contributed by atoms with Crippen molar-refractivity contribution in [3.63, 3.8) is 0 Å².